The summed E-state index contributed by atoms with van der Waals surface area (Å²) in [5.74, 6) is -1.07. The Morgan fingerprint density at radius 2 is 1.67 bits per heavy atom. The molecule has 4 rings (SSSR count). The molecule has 0 aliphatic carbocycles. The van der Waals surface area contributed by atoms with Crippen molar-refractivity contribution >= 4 is 52.3 Å². The summed E-state index contributed by atoms with van der Waals surface area (Å²) in [6.07, 6.45) is 3.18. The highest BCUT2D eigenvalue weighted by Gasteiger charge is 2.16. The van der Waals surface area contributed by atoms with Gasteiger partial charge < -0.3 is 15.2 Å². The Hall–Kier alpha value is -4.36. The number of hydrogen-bond acceptors (Lipinski definition) is 4. The lowest BCUT2D eigenvalue weighted by Crippen LogP contribution is -2.33. The number of carbonyl (C=O) groups is 2. The molecule has 0 radical (unpaired) electrons. The van der Waals surface area contributed by atoms with Gasteiger partial charge in [-0.25, -0.2) is 5.43 Å². The van der Waals surface area contributed by atoms with E-state index in [-0.39, 0.29) is 16.3 Å². The van der Waals surface area contributed by atoms with Gasteiger partial charge in [0.2, 0.25) is 0 Å². The van der Waals surface area contributed by atoms with Gasteiger partial charge in [0, 0.05) is 41.9 Å². The SMILES string of the molecule is Cc1[nH]c2ccccc2c1/C=N/NC(=O)/C(=C\c1ccc(N(C)C)cc1)NC(=O)c1ccccc1Cl. The largest absolute Gasteiger partial charge is 0.378 e. The van der Waals surface area contributed by atoms with Crippen molar-refractivity contribution < 1.29 is 9.59 Å². The maximum Gasteiger partial charge on any atom is 0.287 e. The molecule has 4 aromatic rings. The van der Waals surface area contributed by atoms with Crippen LogP contribution in [0.5, 0.6) is 0 Å². The molecule has 0 unspecified atom stereocenters. The van der Waals surface area contributed by atoms with Crippen molar-refractivity contribution in [1.29, 1.82) is 0 Å². The Labute approximate surface area is 214 Å². The molecule has 1 aromatic heterocycles. The Kier molecular flexibility index (Phi) is 7.51. The van der Waals surface area contributed by atoms with E-state index < -0.39 is 11.8 Å². The maximum atomic E-state index is 13.1. The molecule has 3 aromatic carbocycles. The number of hydrogen-bond donors (Lipinski definition) is 3. The lowest BCUT2D eigenvalue weighted by atomic mass is 10.1. The second-order valence-corrected chi connectivity index (χ2v) is 8.79. The topological polar surface area (TPSA) is 89.6 Å². The summed E-state index contributed by atoms with van der Waals surface area (Å²) >= 11 is 6.18. The minimum Gasteiger partial charge on any atom is -0.378 e. The van der Waals surface area contributed by atoms with Crippen LogP contribution in [0.1, 0.15) is 27.2 Å². The zero-order valence-electron chi connectivity index (χ0n) is 20.2. The van der Waals surface area contributed by atoms with Crippen molar-refractivity contribution in [2.75, 3.05) is 19.0 Å². The Balaban J connectivity index is 1.59. The van der Waals surface area contributed by atoms with Crippen LogP contribution in [0.4, 0.5) is 5.69 Å². The smallest absolute Gasteiger partial charge is 0.287 e. The van der Waals surface area contributed by atoms with Gasteiger partial charge in [0.05, 0.1) is 16.8 Å². The van der Waals surface area contributed by atoms with Gasteiger partial charge >= 0.3 is 0 Å². The second kappa shape index (κ2) is 10.9. The highest BCUT2D eigenvalue weighted by atomic mass is 35.5. The van der Waals surface area contributed by atoms with Crippen LogP contribution in [-0.4, -0.2) is 37.1 Å². The standard InChI is InChI=1S/C28H26ClN5O2/c1-18-23(21-8-5-7-11-25(21)31-18)17-30-33-28(36)26(16-19-12-14-20(15-13-19)34(2)3)32-27(35)22-9-4-6-10-24(22)29/h4-17,31H,1-3H3,(H,32,35)(H,33,36)/b26-16+,30-17+. The molecule has 3 N–H and O–H groups in total. The van der Waals surface area contributed by atoms with Crippen molar-refractivity contribution in [2.24, 2.45) is 5.10 Å². The number of anilines is 1. The van der Waals surface area contributed by atoms with Crippen LogP contribution in [0, 0.1) is 6.92 Å². The number of nitrogens with one attached hydrogen (secondary N) is 3. The van der Waals surface area contributed by atoms with E-state index in [9.17, 15) is 9.59 Å². The number of para-hydroxylation sites is 1. The van der Waals surface area contributed by atoms with Gasteiger partial charge in [-0.3, -0.25) is 9.59 Å². The number of fused-ring (bicyclic) bond motifs is 1. The minimum atomic E-state index is -0.569. The van der Waals surface area contributed by atoms with E-state index in [1.54, 1.807) is 36.6 Å². The van der Waals surface area contributed by atoms with Crippen molar-refractivity contribution in [3.63, 3.8) is 0 Å². The van der Waals surface area contributed by atoms with E-state index in [1.807, 2.05) is 74.4 Å². The number of nitrogens with zero attached hydrogens (tertiary/aromatic N) is 2. The van der Waals surface area contributed by atoms with Gasteiger partial charge in [-0.15, -0.1) is 0 Å². The number of rotatable bonds is 7. The molecule has 182 valence electrons. The zero-order valence-corrected chi connectivity index (χ0v) is 20.9. The minimum absolute atomic E-state index is 0.0327. The Morgan fingerprint density at radius 3 is 2.39 bits per heavy atom. The normalized spacial score (nSPS) is 11.6. The quantitative estimate of drug-likeness (QED) is 0.187. The molecule has 0 aliphatic heterocycles. The fourth-order valence-electron chi connectivity index (χ4n) is 3.71. The Morgan fingerprint density at radius 1 is 0.972 bits per heavy atom. The van der Waals surface area contributed by atoms with Crippen molar-refractivity contribution in [1.82, 2.24) is 15.7 Å². The fraction of sp³-hybridized carbons (Fsp3) is 0.107. The molecule has 0 spiro atoms. The Bertz CT molecular complexity index is 1470. The summed E-state index contributed by atoms with van der Waals surface area (Å²) in [5, 5.41) is 8.12. The van der Waals surface area contributed by atoms with Crippen molar-refractivity contribution in [3.8, 4) is 0 Å². The average Bonchev–Trinajstić information content (AvgIpc) is 3.19. The first-order valence-corrected chi connectivity index (χ1v) is 11.7. The molecule has 2 amide bonds. The van der Waals surface area contributed by atoms with E-state index >= 15 is 0 Å². The van der Waals surface area contributed by atoms with Gasteiger partial charge in [-0.1, -0.05) is 54.1 Å². The summed E-state index contributed by atoms with van der Waals surface area (Å²) in [5.41, 5.74) is 7.35. The van der Waals surface area contributed by atoms with Crippen molar-refractivity contribution in [2.45, 2.75) is 6.92 Å². The predicted octanol–water partition coefficient (Wildman–Crippen LogP) is 5.12. The summed E-state index contributed by atoms with van der Waals surface area (Å²) in [6.45, 7) is 1.94. The molecule has 8 heteroatoms. The summed E-state index contributed by atoms with van der Waals surface area (Å²) in [6, 6.07) is 22.1. The number of amides is 2. The van der Waals surface area contributed by atoms with E-state index in [0.717, 1.165) is 33.4 Å². The molecule has 0 atom stereocenters. The van der Waals surface area contributed by atoms with E-state index in [0.29, 0.717) is 0 Å². The van der Waals surface area contributed by atoms with Crippen LogP contribution in [0.3, 0.4) is 0 Å². The van der Waals surface area contributed by atoms with E-state index in [2.05, 4.69) is 20.8 Å². The number of benzene rings is 3. The zero-order chi connectivity index (χ0) is 25.7. The van der Waals surface area contributed by atoms with Crippen LogP contribution in [0.25, 0.3) is 17.0 Å². The molecule has 0 saturated heterocycles. The molecule has 0 fully saturated rings. The fourth-order valence-corrected chi connectivity index (χ4v) is 3.93. The number of hydrazone groups is 1. The van der Waals surface area contributed by atoms with Gasteiger partial charge in [0.1, 0.15) is 5.70 Å². The molecular weight excluding hydrogens is 474 g/mol. The predicted molar refractivity (Wildman–Crippen MR) is 146 cm³/mol. The van der Waals surface area contributed by atoms with E-state index in [1.165, 1.54) is 0 Å². The molecule has 0 bridgehead atoms. The molecular formula is C28H26ClN5O2. The highest BCUT2D eigenvalue weighted by Crippen LogP contribution is 2.20. The molecule has 7 nitrogen and oxygen atoms in total. The maximum absolute atomic E-state index is 13.1. The summed E-state index contributed by atoms with van der Waals surface area (Å²) < 4.78 is 0. The summed E-state index contributed by atoms with van der Waals surface area (Å²) in [4.78, 5) is 31.3. The van der Waals surface area contributed by atoms with Crippen LogP contribution >= 0.6 is 11.6 Å². The first-order valence-electron chi connectivity index (χ1n) is 11.3. The number of H-pyrrole nitrogens is 1. The third-order valence-electron chi connectivity index (χ3n) is 5.63. The van der Waals surface area contributed by atoms with Gasteiger partial charge in [-0.2, -0.15) is 5.10 Å². The van der Waals surface area contributed by atoms with E-state index in [4.69, 9.17) is 11.6 Å². The second-order valence-electron chi connectivity index (χ2n) is 8.39. The first-order chi connectivity index (χ1) is 17.3. The number of aromatic amines is 1. The van der Waals surface area contributed by atoms with Crippen molar-refractivity contribution in [3.05, 3.63) is 106 Å². The van der Waals surface area contributed by atoms with Crippen LogP contribution in [0.15, 0.2) is 83.6 Å². The van der Waals surface area contributed by atoms with Crippen LogP contribution in [0.2, 0.25) is 5.02 Å². The number of carbonyl (C=O) groups excluding carboxylic acids is 2. The lowest BCUT2D eigenvalue weighted by molar-refractivity contribution is -0.117. The number of halogens is 1. The molecule has 36 heavy (non-hydrogen) atoms. The highest BCUT2D eigenvalue weighted by molar-refractivity contribution is 6.34. The monoisotopic (exact) mass is 499 g/mol. The lowest BCUT2D eigenvalue weighted by Gasteiger charge is -2.13. The third kappa shape index (κ3) is 5.64. The van der Waals surface area contributed by atoms with Crippen LogP contribution < -0.4 is 15.6 Å². The third-order valence-corrected chi connectivity index (χ3v) is 5.96. The average molecular weight is 500 g/mol. The first kappa shape index (κ1) is 24.8. The van der Waals surface area contributed by atoms with Crippen LogP contribution in [-0.2, 0) is 4.79 Å². The molecule has 0 saturated carbocycles. The number of aryl methyl sites for hydroxylation is 1. The number of aromatic nitrogens is 1. The molecule has 0 aliphatic rings. The van der Waals surface area contributed by atoms with Gasteiger partial charge in [-0.05, 0) is 48.9 Å². The van der Waals surface area contributed by atoms with Gasteiger partial charge in [0.15, 0.2) is 0 Å². The summed E-state index contributed by atoms with van der Waals surface area (Å²) in [7, 11) is 3.89. The molecule has 1 heterocycles. The van der Waals surface area contributed by atoms with Gasteiger partial charge in [0.25, 0.3) is 11.8 Å².